The van der Waals surface area contributed by atoms with E-state index in [0.717, 1.165) is 16.7 Å². The van der Waals surface area contributed by atoms with Crippen LogP contribution >= 0.6 is 34.4 Å². The Bertz CT molecular complexity index is 1280. The lowest BCUT2D eigenvalue weighted by molar-refractivity contribution is -0.139. The normalized spacial score (nSPS) is 16.7. The number of ether oxygens (including phenoxy) is 3. The maximum absolute atomic E-state index is 13.0. The molecule has 2 fully saturated rings. The van der Waals surface area contributed by atoms with E-state index in [1.54, 1.807) is 23.1 Å². The molecule has 1 N–H and O–H groups in total. The number of anilines is 1. The molecule has 2 aliphatic rings. The van der Waals surface area contributed by atoms with E-state index in [4.69, 9.17) is 14.2 Å². The molecule has 2 aliphatic heterocycles. The number of hydrogen-bond acceptors (Lipinski definition) is 8. The molecule has 2 heterocycles. The fourth-order valence-corrected chi connectivity index (χ4v) is 5.29. The maximum Gasteiger partial charge on any atom is 0.294 e. The lowest BCUT2D eigenvalue weighted by Gasteiger charge is -2.28. The molecule has 4 amide bonds. The highest BCUT2D eigenvalue weighted by atomic mass is 127. The molecule has 0 aliphatic carbocycles. The second-order valence-electron chi connectivity index (χ2n) is 8.14. The van der Waals surface area contributed by atoms with Crippen LogP contribution in [0.25, 0.3) is 6.08 Å². The summed E-state index contributed by atoms with van der Waals surface area (Å²) in [5.74, 6) is -1.07. The molecular formula is C25H23FIN3O7S. The molecule has 0 unspecified atom stereocenters. The monoisotopic (exact) mass is 655 g/mol. The highest BCUT2D eigenvalue weighted by Gasteiger charge is 2.37. The van der Waals surface area contributed by atoms with Gasteiger partial charge in [0.05, 0.1) is 28.8 Å². The number of carbonyl (C=O) groups is 4. The summed E-state index contributed by atoms with van der Waals surface area (Å²) < 4.78 is 30.0. The Labute approximate surface area is 235 Å². The molecule has 200 valence electrons. The first-order valence-corrected chi connectivity index (χ1v) is 13.3. The van der Waals surface area contributed by atoms with Crippen molar-refractivity contribution in [2.75, 3.05) is 51.9 Å². The standard InChI is InChI=1S/C25H23FIN3O7S/c1-35-19-11-15(10-18(27)23(19)37-14-21(31)28-17-4-2-16(26)3-5-17)12-20-24(33)30(25(34)38-20)13-22(32)29-6-8-36-9-7-29/h2-5,10-12H,6-9,13-14H2,1H3,(H,28,31)/b20-12+. The van der Waals surface area contributed by atoms with Crippen molar-refractivity contribution in [3.63, 3.8) is 0 Å². The smallest absolute Gasteiger partial charge is 0.294 e. The van der Waals surface area contributed by atoms with E-state index in [1.807, 2.05) is 22.6 Å². The number of rotatable bonds is 8. The first-order chi connectivity index (χ1) is 18.2. The number of hydrogen-bond donors (Lipinski definition) is 1. The third kappa shape index (κ3) is 6.82. The van der Waals surface area contributed by atoms with Gasteiger partial charge in [0.1, 0.15) is 12.4 Å². The molecule has 10 nitrogen and oxygen atoms in total. The van der Waals surface area contributed by atoms with Crippen molar-refractivity contribution in [1.82, 2.24) is 9.80 Å². The minimum Gasteiger partial charge on any atom is -0.493 e. The second kappa shape index (κ2) is 12.6. The zero-order valence-corrected chi connectivity index (χ0v) is 23.2. The SMILES string of the molecule is COc1cc(/C=C2/SC(=O)N(CC(=O)N3CCOCC3)C2=O)cc(I)c1OCC(=O)Nc1ccc(F)cc1. The molecule has 0 radical (unpaired) electrons. The predicted octanol–water partition coefficient (Wildman–Crippen LogP) is 3.35. The highest BCUT2D eigenvalue weighted by molar-refractivity contribution is 14.1. The van der Waals surface area contributed by atoms with Gasteiger partial charge in [-0.3, -0.25) is 24.1 Å². The lowest BCUT2D eigenvalue weighted by Crippen LogP contribution is -2.46. The van der Waals surface area contributed by atoms with Crippen LogP contribution in [0.4, 0.5) is 14.9 Å². The Morgan fingerprint density at radius 3 is 2.58 bits per heavy atom. The van der Waals surface area contributed by atoms with Gasteiger partial charge in [-0.1, -0.05) is 0 Å². The van der Waals surface area contributed by atoms with Crippen molar-refractivity contribution in [1.29, 1.82) is 0 Å². The first kappa shape index (κ1) is 27.9. The third-order valence-electron chi connectivity index (χ3n) is 5.56. The van der Waals surface area contributed by atoms with Gasteiger partial charge in [0.2, 0.25) is 5.91 Å². The molecule has 0 aromatic heterocycles. The van der Waals surface area contributed by atoms with E-state index in [0.29, 0.717) is 52.6 Å². The van der Waals surface area contributed by atoms with Gasteiger partial charge >= 0.3 is 0 Å². The fourth-order valence-electron chi connectivity index (χ4n) is 3.67. The Morgan fingerprint density at radius 1 is 1.18 bits per heavy atom. The van der Waals surface area contributed by atoms with Crippen LogP contribution in [-0.2, 0) is 19.1 Å². The van der Waals surface area contributed by atoms with Gasteiger partial charge in [-0.05, 0) is 82.4 Å². The number of nitrogens with one attached hydrogen (secondary N) is 1. The van der Waals surface area contributed by atoms with E-state index in [9.17, 15) is 23.6 Å². The van der Waals surface area contributed by atoms with Gasteiger partial charge in [-0.25, -0.2) is 4.39 Å². The number of halogens is 2. The Balaban J connectivity index is 1.42. The third-order valence-corrected chi connectivity index (χ3v) is 7.26. The number of nitrogens with zero attached hydrogens (tertiary/aromatic N) is 2. The largest absolute Gasteiger partial charge is 0.493 e. The van der Waals surface area contributed by atoms with Crippen molar-refractivity contribution in [2.45, 2.75) is 0 Å². The molecule has 2 aromatic carbocycles. The van der Waals surface area contributed by atoms with Crippen LogP contribution < -0.4 is 14.8 Å². The molecule has 4 rings (SSSR count). The molecule has 38 heavy (non-hydrogen) atoms. The number of imide groups is 1. The average molecular weight is 655 g/mol. The lowest BCUT2D eigenvalue weighted by atomic mass is 10.2. The molecule has 0 saturated carbocycles. The molecule has 13 heteroatoms. The van der Waals surface area contributed by atoms with Crippen LogP contribution in [0.2, 0.25) is 0 Å². The predicted molar refractivity (Wildman–Crippen MR) is 146 cm³/mol. The number of methoxy groups -OCH3 is 1. The van der Waals surface area contributed by atoms with E-state index < -0.39 is 22.9 Å². The van der Waals surface area contributed by atoms with Gasteiger partial charge in [0.25, 0.3) is 17.1 Å². The quantitative estimate of drug-likeness (QED) is 0.341. The molecule has 2 aromatic rings. The number of morpholine rings is 1. The van der Waals surface area contributed by atoms with Gasteiger partial charge in [-0.15, -0.1) is 0 Å². The molecule has 0 bridgehead atoms. The van der Waals surface area contributed by atoms with Crippen molar-refractivity contribution in [3.05, 3.63) is 56.3 Å². The second-order valence-corrected chi connectivity index (χ2v) is 10.3. The summed E-state index contributed by atoms with van der Waals surface area (Å²) in [6, 6.07) is 8.67. The van der Waals surface area contributed by atoms with Gasteiger partial charge in [-0.2, -0.15) is 0 Å². The van der Waals surface area contributed by atoms with E-state index in [1.165, 1.54) is 31.4 Å². The summed E-state index contributed by atoms with van der Waals surface area (Å²) in [6.07, 6.45) is 1.54. The van der Waals surface area contributed by atoms with Crippen LogP contribution in [0, 0.1) is 9.39 Å². The van der Waals surface area contributed by atoms with E-state index in [-0.39, 0.29) is 24.0 Å². The minimum absolute atomic E-state index is 0.176. The van der Waals surface area contributed by atoms with Crippen LogP contribution in [-0.4, -0.2) is 79.3 Å². The van der Waals surface area contributed by atoms with Gasteiger partial charge < -0.3 is 24.4 Å². The van der Waals surface area contributed by atoms with Crippen molar-refractivity contribution in [2.24, 2.45) is 0 Å². The number of benzene rings is 2. The summed E-state index contributed by atoms with van der Waals surface area (Å²) >= 11 is 2.77. The van der Waals surface area contributed by atoms with Gasteiger partial charge in [0, 0.05) is 18.8 Å². The minimum atomic E-state index is -0.548. The summed E-state index contributed by atoms with van der Waals surface area (Å²) in [5, 5.41) is 2.09. The number of thioether (sulfide) groups is 1. The topological polar surface area (TPSA) is 114 Å². The van der Waals surface area contributed by atoms with Crippen LogP contribution in [0.3, 0.4) is 0 Å². The molecule has 0 atom stereocenters. The summed E-state index contributed by atoms with van der Waals surface area (Å²) in [6.45, 7) is 1.05. The molecule has 2 saturated heterocycles. The van der Waals surface area contributed by atoms with Crippen LogP contribution in [0.5, 0.6) is 11.5 Å². The van der Waals surface area contributed by atoms with Crippen molar-refractivity contribution in [3.8, 4) is 11.5 Å². The summed E-state index contributed by atoms with van der Waals surface area (Å²) in [7, 11) is 1.44. The zero-order chi connectivity index (χ0) is 27.2. The van der Waals surface area contributed by atoms with Crippen LogP contribution in [0.15, 0.2) is 41.3 Å². The van der Waals surface area contributed by atoms with E-state index in [2.05, 4.69) is 5.32 Å². The van der Waals surface area contributed by atoms with E-state index >= 15 is 0 Å². The Morgan fingerprint density at radius 2 is 1.89 bits per heavy atom. The average Bonchev–Trinajstić information content (AvgIpc) is 3.16. The highest BCUT2D eigenvalue weighted by Crippen LogP contribution is 2.37. The summed E-state index contributed by atoms with van der Waals surface area (Å²) in [4.78, 5) is 52.8. The fraction of sp³-hybridized carbons (Fsp3) is 0.280. The number of amides is 4. The Hall–Kier alpha value is -3.17. The van der Waals surface area contributed by atoms with Gasteiger partial charge in [0.15, 0.2) is 18.1 Å². The number of carbonyl (C=O) groups excluding carboxylic acids is 4. The summed E-state index contributed by atoms with van der Waals surface area (Å²) in [5.41, 5.74) is 0.997. The maximum atomic E-state index is 13.0. The van der Waals surface area contributed by atoms with Crippen molar-refractivity contribution < 1.29 is 37.8 Å². The Kier molecular flexibility index (Phi) is 9.22. The first-order valence-electron chi connectivity index (χ1n) is 11.4. The van der Waals surface area contributed by atoms with Crippen molar-refractivity contribution >= 4 is 69.1 Å². The molecule has 0 spiro atoms. The zero-order valence-electron chi connectivity index (χ0n) is 20.2. The van der Waals surface area contributed by atoms with Crippen LogP contribution in [0.1, 0.15) is 5.56 Å². The molecular weight excluding hydrogens is 632 g/mol.